The molecule has 2 N–H and O–H groups in total. The number of methoxy groups -OCH3 is 2. The van der Waals surface area contributed by atoms with Gasteiger partial charge in [-0.15, -0.1) is 0 Å². The molecule has 0 atom stereocenters. The zero-order chi connectivity index (χ0) is 24.2. The molecule has 11 nitrogen and oxygen atoms in total. The summed E-state index contributed by atoms with van der Waals surface area (Å²) < 4.78 is 66.0. The van der Waals surface area contributed by atoms with Crippen molar-refractivity contribution in [3.05, 3.63) is 76.8 Å². The molecule has 174 valence electrons. The standard InChI is InChI=1S/C20H19N3O8S2/c1-30-16-7-3-14(4-8-16)21-33(28,29)18-11-12-20(31-2)19(13-18)22-32(26,27)17-9-5-15(6-10-17)23(24)25/h3-13,21-22H,1-2H3. The summed E-state index contributed by atoms with van der Waals surface area (Å²) >= 11 is 0. The van der Waals surface area contributed by atoms with E-state index in [1.807, 2.05) is 0 Å². The number of non-ortho nitro benzene ring substituents is 1. The first-order valence-corrected chi connectivity index (χ1v) is 12.1. The molecule has 0 spiro atoms. The number of sulfonamides is 2. The van der Waals surface area contributed by atoms with Crippen LogP contribution < -0.4 is 18.9 Å². The second-order valence-corrected chi connectivity index (χ2v) is 9.92. The van der Waals surface area contributed by atoms with E-state index in [-0.39, 0.29) is 32.6 Å². The van der Waals surface area contributed by atoms with E-state index in [1.54, 1.807) is 12.1 Å². The van der Waals surface area contributed by atoms with Crippen molar-refractivity contribution in [3.63, 3.8) is 0 Å². The minimum atomic E-state index is -4.20. The quantitative estimate of drug-likeness (QED) is 0.340. The zero-order valence-corrected chi connectivity index (χ0v) is 19.0. The number of ether oxygens (including phenoxy) is 2. The van der Waals surface area contributed by atoms with Crippen LogP contribution in [-0.4, -0.2) is 36.0 Å². The maximum atomic E-state index is 12.8. The van der Waals surface area contributed by atoms with Gasteiger partial charge in [-0.3, -0.25) is 19.6 Å². The average molecular weight is 494 g/mol. The van der Waals surface area contributed by atoms with E-state index in [2.05, 4.69) is 9.44 Å². The largest absolute Gasteiger partial charge is 0.497 e. The lowest BCUT2D eigenvalue weighted by atomic mass is 10.3. The van der Waals surface area contributed by atoms with E-state index >= 15 is 0 Å². The first-order valence-electron chi connectivity index (χ1n) is 9.18. The van der Waals surface area contributed by atoms with Crippen LogP contribution in [0.4, 0.5) is 17.1 Å². The number of hydrogen-bond acceptors (Lipinski definition) is 8. The first-order chi connectivity index (χ1) is 15.6. The van der Waals surface area contributed by atoms with Crippen LogP contribution in [-0.2, 0) is 20.0 Å². The lowest BCUT2D eigenvalue weighted by molar-refractivity contribution is -0.384. The molecule has 0 saturated carbocycles. The van der Waals surface area contributed by atoms with E-state index < -0.39 is 25.0 Å². The molecule has 0 aliphatic heterocycles. The Kier molecular flexibility index (Phi) is 6.74. The van der Waals surface area contributed by atoms with Crippen molar-refractivity contribution in [2.45, 2.75) is 9.79 Å². The third-order valence-corrected chi connectivity index (χ3v) is 7.19. The molecule has 0 aromatic heterocycles. The number of anilines is 2. The minimum Gasteiger partial charge on any atom is -0.497 e. The molecule has 0 aliphatic rings. The van der Waals surface area contributed by atoms with Crippen molar-refractivity contribution < 1.29 is 31.2 Å². The predicted molar refractivity (Wildman–Crippen MR) is 121 cm³/mol. The topological polar surface area (TPSA) is 154 Å². The molecular formula is C20H19N3O8S2. The molecule has 0 saturated heterocycles. The van der Waals surface area contributed by atoms with E-state index in [4.69, 9.17) is 9.47 Å². The fourth-order valence-electron chi connectivity index (χ4n) is 2.76. The molecule has 0 heterocycles. The van der Waals surface area contributed by atoms with Gasteiger partial charge in [-0.25, -0.2) is 16.8 Å². The van der Waals surface area contributed by atoms with Gasteiger partial charge in [-0.1, -0.05) is 0 Å². The number of hydrogen-bond donors (Lipinski definition) is 2. The van der Waals surface area contributed by atoms with E-state index in [9.17, 15) is 26.9 Å². The van der Waals surface area contributed by atoms with Gasteiger partial charge in [0.2, 0.25) is 0 Å². The molecule has 3 aromatic carbocycles. The molecule has 0 unspecified atom stereocenters. The summed E-state index contributed by atoms with van der Waals surface area (Å²) in [4.78, 5) is 9.66. The second-order valence-electron chi connectivity index (χ2n) is 6.55. The molecule has 13 heteroatoms. The van der Waals surface area contributed by atoms with Crippen molar-refractivity contribution in [2.75, 3.05) is 23.7 Å². The van der Waals surface area contributed by atoms with Crippen molar-refractivity contribution in [1.29, 1.82) is 0 Å². The number of nitro benzene ring substituents is 1. The SMILES string of the molecule is COc1ccc(NS(=O)(=O)c2ccc(OC)c(NS(=O)(=O)c3ccc([N+](=O)[O-])cc3)c2)cc1. The number of benzene rings is 3. The van der Waals surface area contributed by atoms with Crippen LogP contribution in [0.25, 0.3) is 0 Å². The van der Waals surface area contributed by atoms with Gasteiger partial charge in [0.15, 0.2) is 0 Å². The van der Waals surface area contributed by atoms with Crippen LogP contribution in [0.3, 0.4) is 0 Å². The smallest absolute Gasteiger partial charge is 0.269 e. The van der Waals surface area contributed by atoms with E-state index in [1.165, 1.54) is 38.5 Å². The molecule has 33 heavy (non-hydrogen) atoms. The van der Waals surface area contributed by atoms with Crippen LogP contribution >= 0.6 is 0 Å². The summed E-state index contributed by atoms with van der Waals surface area (Å²) in [5.74, 6) is 0.620. The minimum absolute atomic E-state index is 0.0730. The molecule has 3 rings (SSSR count). The van der Waals surface area contributed by atoms with Crippen LogP contribution in [0.15, 0.2) is 76.5 Å². The highest BCUT2D eigenvalue weighted by Gasteiger charge is 2.21. The number of nitrogens with one attached hydrogen (secondary N) is 2. The Bertz CT molecular complexity index is 1370. The Morgan fingerprint density at radius 1 is 0.758 bits per heavy atom. The summed E-state index contributed by atoms with van der Waals surface area (Å²) in [6.07, 6.45) is 0. The maximum absolute atomic E-state index is 12.8. The Hall–Kier alpha value is -3.84. The first kappa shape index (κ1) is 23.8. The van der Waals surface area contributed by atoms with Crippen molar-refractivity contribution >= 4 is 37.1 Å². The van der Waals surface area contributed by atoms with Gasteiger partial charge in [-0.05, 0) is 54.6 Å². The fraction of sp³-hybridized carbons (Fsp3) is 0.100. The fourth-order valence-corrected chi connectivity index (χ4v) is 4.90. The third kappa shape index (κ3) is 5.51. The molecule has 0 fully saturated rings. The molecule has 3 aromatic rings. The van der Waals surface area contributed by atoms with Crippen molar-refractivity contribution in [1.82, 2.24) is 0 Å². The summed E-state index contributed by atoms with van der Waals surface area (Å²) in [5.41, 5.74) is -0.127. The summed E-state index contributed by atoms with van der Waals surface area (Å²) in [7, 11) is -5.49. The molecule has 0 aliphatic carbocycles. The van der Waals surface area contributed by atoms with Gasteiger partial charge in [-0.2, -0.15) is 0 Å². The lowest BCUT2D eigenvalue weighted by Crippen LogP contribution is -2.16. The third-order valence-electron chi connectivity index (χ3n) is 4.43. The predicted octanol–water partition coefficient (Wildman–Crippen LogP) is 3.21. The van der Waals surface area contributed by atoms with Gasteiger partial charge >= 0.3 is 0 Å². The van der Waals surface area contributed by atoms with Gasteiger partial charge < -0.3 is 9.47 Å². The van der Waals surface area contributed by atoms with Gasteiger partial charge in [0.25, 0.3) is 25.7 Å². The van der Waals surface area contributed by atoms with Gasteiger partial charge in [0.05, 0.1) is 34.6 Å². The van der Waals surface area contributed by atoms with Gasteiger partial charge in [0.1, 0.15) is 11.5 Å². The van der Waals surface area contributed by atoms with Gasteiger partial charge in [0, 0.05) is 17.8 Å². The maximum Gasteiger partial charge on any atom is 0.269 e. The molecule has 0 radical (unpaired) electrons. The van der Waals surface area contributed by atoms with Crippen LogP contribution in [0.1, 0.15) is 0 Å². The Labute approximate surface area is 190 Å². The summed E-state index contributed by atoms with van der Waals surface area (Å²) in [5, 5.41) is 10.8. The Morgan fingerprint density at radius 3 is 1.88 bits per heavy atom. The number of rotatable bonds is 9. The molecule has 0 bridgehead atoms. The molecule has 0 amide bonds. The summed E-state index contributed by atoms with van der Waals surface area (Å²) in [6.45, 7) is 0. The van der Waals surface area contributed by atoms with E-state index in [0.29, 0.717) is 5.75 Å². The highest BCUT2D eigenvalue weighted by molar-refractivity contribution is 7.93. The second kappa shape index (κ2) is 9.34. The van der Waals surface area contributed by atoms with E-state index in [0.717, 1.165) is 30.3 Å². The van der Waals surface area contributed by atoms with Crippen LogP contribution in [0.5, 0.6) is 11.5 Å². The Balaban J connectivity index is 1.91. The number of nitro groups is 1. The summed E-state index contributed by atoms with van der Waals surface area (Å²) in [6, 6.07) is 14.1. The van der Waals surface area contributed by atoms with Crippen LogP contribution in [0, 0.1) is 10.1 Å². The normalized spacial score (nSPS) is 11.5. The lowest BCUT2D eigenvalue weighted by Gasteiger charge is -2.14. The number of nitrogens with zero attached hydrogens (tertiary/aromatic N) is 1. The van der Waals surface area contributed by atoms with Crippen molar-refractivity contribution in [2.24, 2.45) is 0 Å². The highest BCUT2D eigenvalue weighted by atomic mass is 32.2. The van der Waals surface area contributed by atoms with Crippen molar-refractivity contribution in [3.8, 4) is 11.5 Å². The highest BCUT2D eigenvalue weighted by Crippen LogP contribution is 2.31. The van der Waals surface area contributed by atoms with Crippen LogP contribution in [0.2, 0.25) is 0 Å². The monoisotopic (exact) mass is 493 g/mol. The average Bonchev–Trinajstić information content (AvgIpc) is 2.79. The Morgan fingerprint density at radius 2 is 1.33 bits per heavy atom. The zero-order valence-electron chi connectivity index (χ0n) is 17.4. The molecular weight excluding hydrogens is 474 g/mol.